The van der Waals surface area contributed by atoms with Crippen LogP contribution in [0.4, 0.5) is 0 Å². The fourth-order valence-electron chi connectivity index (χ4n) is 1.77. The van der Waals surface area contributed by atoms with E-state index in [1.165, 1.54) is 0 Å². The summed E-state index contributed by atoms with van der Waals surface area (Å²) in [6.07, 6.45) is 1.96. The van der Waals surface area contributed by atoms with Crippen molar-refractivity contribution in [2.45, 2.75) is 31.9 Å². The highest BCUT2D eigenvalue weighted by Gasteiger charge is 2.28. The molecule has 2 N–H and O–H groups in total. The standard InChI is InChI=1S/C12H14N2O/c1-8-3-2-4-9(7-13)12(8)15-11-5-10(14)6-11/h2-4,10-11H,5-6,14H2,1H3. The SMILES string of the molecule is Cc1cccc(C#N)c1OC1CC(N)C1. The van der Waals surface area contributed by atoms with Crippen molar-refractivity contribution < 1.29 is 4.74 Å². The molecule has 0 aliphatic heterocycles. The molecule has 15 heavy (non-hydrogen) atoms. The van der Waals surface area contributed by atoms with Crippen LogP contribution in [0.25, 0.3) is 0 Å². The Hall–Kier alpha value is -1.53. The van der Waals surface area contributed by atoms with E-state index in [-0.39, 0.29) is 12.1 Å². The van der Waals surface area contributed by atoms with E-state index in [1.807, 2.05) is 19.1 Å². The van der Waals surface area contributed by atoms with E-state index in [0.717, 1.165) is 24.2 Å². The predicted molar refractivity (Wildman–Crippen MR) is 57.5 cm³/mol. The lowest BCUT2D eigenvalue weighted by atomic mass is 9.90. The van der Waals surface area contributed by atoms with Crippen LogP contribution >= 0.6 is 0 Å². The first-order valence-corrected chi connectivity index (χ1v) is 5.12. The second-order valence-corrected chi connectivity index (χ2v) is 4.03. The maximum atomic E-state index is 8.94. The van der Waals surface area contributed by atoms with Gasteiger partial charge in [-0.2, -0.15) is 5.26 Å². The van der Waals surface area contributed by atoms with Gasteiger partial charge in [0, 0.05) is 6.04 Å². The molecule has 1 fully saturated rings. The summed E-state index contributed by atoms with van der Waals surface area (Å²) < 4.78 is 5.77. The van der Waals surface area contributed by atoms with Crippen LogP contribution in [-0.2, 0) is 0 Å². The molecule has 0 radical (unpaired) electrons. The number of ether oxygens (including phenoxy) is 1. The van der Waals surface area contributed by atoms with Crippen LogP contribution in [-0.4, -0.2) is 12.1 Å². The molecule has 0 aromatic heterocycles. The van der Waals surface area contributed by atoms with Crippen LogP contribution < -0.4 is 10.5 Å². The van der Waals surface area contributed by atoms with E-state index in [0.29, 0.717) is 5.56 Å². The highest BCUT2D eigenvalue weighted by Crippen LogP contribution is 2.29. The van der Waals surface area contributed by atoms with Crippen LogP contribution in [0.15, 0.2) is 18.2 Å². The van der Waals surface area contributed by atoms with Crippen LogP contribution in [0.2, 0.25) is 0 Å². The minimum atomic E-state index is 0.188. The van der Waals surface area contributed by atoms with E-state index in [2.05, 4.69) is 6.07 Å². The third kappa shape index (κ3) is 1.95. The van der Waals surface area contributed by atoms with Crippen molar-refractivity contribution >= 4 is 0 Å². The zero-order chi connectivity index (χ0) is 10.8. The number of nitrogens with two attached hydrogens (primary N) is 1. The van der Waals surface area contributed by atoms with Gasteiger partial charge in [0.05, 0.1) is 5.56 Å². The van der Waals surface area contributed by atoms with Crippen LogP contribution in [0.1, 0.15) is 24.0 Å². The van der Waals surface area contributed by atoms with E-state index in [9.17, 15) is 0 Å². The van der Waals surface area contributed by atoms with Gasteiger partial charge in [0.25, 0.3) is 0 Å². The molecular weight excluding hydrogens is 188 g/mol. The van der Waals surface area contributed by atoms with Gasteiger partial charge < -0.3 is 10.5 Å². The zero-order valence-corrected chi connectivity index (χ0v) is 8.73. The number of nitrogens with zero attached hydrogens (tertiary/aromatic N) is 1. The number of hydrogen-bond donors (Lipinski definition) is 1. The predicted octanol–water partition coefficient (Wildman–Crippen LogP) is 1.74. The molecule has 0 atom stereocenters. The first kappa shape index (κ1) is 10.0. The molecule has 2 rings (SSSR count). The summed E-state index contributed by atoms with van der Waals surface area (Å²) in [4.78, 5) is 0. The first-order chi connectivity index (χ1) is 7.20. The van der Waals surface area contributed by atoms with Gasteiger partial charge in [0.1, 0.15) is 17.9 Å². The molecule has 0 saturated heterocycles. The van der Waals surface area contributed by atoms with Gasteiger partial charge in [-0.15, -0.1) is 0 Å². The topological polar surface area (TPSA) is 59.0 Å². The molecule has 1 aromatic rings. The molecule has 78 valence electrons. The van der Waals surface area contributed by atoms with Crippen molar-refractivity contribution in [2.75, 3.05) is 0 Å². The van der Waals surface area contributed by atoms with Crippen molar-refractivity contribution in [1.82, 2.24) is 0 Å². The van der Waals surface area contributed by atoms with Gasteiger partial charge in [-0.25, -0.2) is 0 Å². The van der Waals surface area contributed by atoms with Crippen molar-refractivity contribution in [3.8, 4) is 11.8 Å². The Kier molecular flexibility index (Phi) is 2.61. The van der Waals surface area contributed by atoms with Crippen LogP contribution in [0, 0.1) is 18.3 Å². The molecular formula is C12H14N2O. The lowest BCUT2D eigenvalue weighted by molar-refractivity contribution is 0.0997. The summed E-state index contributed by atoms with van der Waals surface area (Å²) in [5.74, 6) is 0.719. The van der Waals surface area contributed by atoms with E-state index in [4.69, 9.17) is 15.7 Å². The molecule has 1 saturated carbocycles. The lowest BCUT2D eigenvalue weighted by Gasteiger charge is -2.33. The molecule has 1 aliphatic rings. The monoisotopic (exact) mass is 202 g/mol. The van der Waals surface area contributed by atoms with Crippen LogP contribution in [0.3, 0.4) is 0 Å². The third-order valence-electron chi connectivity index (χ3n) is 2.75. The highest BCUT2D eigenvalue weighted by atomic mass is 16.5. The summed E-state index contributed by atoms with van der Waals surface area (Å²) in [6.45, 7) is 1.95. The average Bonchev–Trinajstić information content (AvgIpc) is 2.18. The van der Waals surface area contributed by atoms with Crippen molar-refractivity contribution in [1.29, 1.82) is 5.26 Å². The van der Waals surface area contributed by atoms with E-state index >= 15 is 0 Å². The quantitative estimate of drug-likeness (QED) is 0.794. The Labute approximate surface area is 89.5 Å². The summed E-state index contributed by atoms with van der Waals surface area (Å²) >= 11 is 0. The maximum Gasteiger partial charge on any atom is 0.140 e. The van der Waals surface area contributed by atoms with Crippen molar-refractivity contribution in [2.24, 2.45) is 5.73 Å². The number of rotatable bonds is 2. The van der Waals surface area contributed by atoms with Gasteiger partial charge in [-0.3, -0.25) is 0 Å². The summed E-state index contributed by atoms with van der Waals surface area (Å²) in [5, 5.41) is 8.94. The number of para-hydroxylation sites is 1. The van der Waals surface area contributed by atoms with Gasteiger partial charge in [-0.05, 0) is 31.4 Å². The van der Waals surface area contributed by atoms with E-state index in [1.54, 1.807) is 6.07 Å². The lowest BCUT2D eigenvalue weighted by Crippen LogP contribution is -2.43. The largest absolute Gasteiger partial charge is 0.489 e. The molecule has 0 amide bonds. The number of aryl methyl sites for hydroxylation is 1. The van der Waals surface area contributed by atoms with Gasteiger partial charge >= 0.3 is 0 Å². The second-order valence-electron chi connectivity index (χ2n) is 4.03. The van der Waals surface area contributed by atoms with Gasteiger partial charge in [-0.1, -0.05) is 12.1 Å². The zero-order valence-electron chi connectivity index (χ0n) is 8.73. The first-order valence-electron chi connectivity index (χ1n) is 5.12. The van der Waals surface area contributed by atoms with Gasteiger partial charge in [0.15, 0.2) is 0 Å². The summed E-state index contributed by atoms with van der Waals surface area (Å²) in [5.41, 5.74) is 7.30. The summed E-state index contributed by atoms with van der Waals surface area (Å²) in [6, 6.07) is 8.01. The molecule has 0 unspecified atom stereocenters. The third-order valence-corrected chi connectivity index (χ3v) is 2.75. The minimum absolute atomic E-state index is 0.188. The Morgan fingerprint density at radius 1 is 1.47 bits per heavy atom. The number of nitriles is 1. The normalized spacial score (nSPS) is 24.1. The average molecular weight is 202 g/mol. The van der Waals surface area contributed by atoms with Crippen molar-refractivity contribution in [3.63, 3.8) is 0 Å². The minimum Gasteiger partial charge on any atom is -0.489 e. The molecule has 0 heterocycles. The smallest absolute Gasteiger partial charge is 0.140 e. The number of hydrogen-bond acceptors (Lipinski definition) is 3. The fourth-order valence-corrected chi connectivity index (χ4v) is 1.77. The molecule has 0 spiro atoms. The van der Waals surface area contributed by atoms with Crippen LogP contribution in [0.5, 0.6) is 5.75 Å². The maximum absolute atomic E-state index is 8.94. The molecule has 1 aromatic carbocycles. The molecule has 1 aliphatic carbocycles. The molecule has 3 nitrogen and oxygen atoms in total. The number of benzene rings is 1. The highest BCUT2D eigenvalue weighted by molar-refractivity contribution is 5.48. The van der Waals surface area contributed by atoms with E-state index < -0.39 is 0 Å². The fraction of sp³-hybridized carbons (Fsp3) is 0.417. The molecule has 3 heteroatoms. The van der Waals surface area contributed by atoms with Crippen molar-refractivity contribution in [3.05, 3.63) is 29.3 Å². The summed E-state index contributed by atoms with van der Waals surface area (Å²) in [7, 11) is 0. The second kappa shape index (κ2) is 3.92. The Morgan fingerprint density at radius 2 is 2.20 bits per heavy atom. The molecule has 0 bridgehead atoms. The Balaban J connectivity index is 2.17. The van der Waals surface area contributed by atoms with Gasteiger partial charge in [0.2, 0.25) is 0 Å². The Bertz CT molecular complexity index is 403. The Morgan fingerprint density at radius 3 is 2.80 bits per heavy atom.